The Morgan fingerprint density at radius 3 is 2.43 bits per heavy atom. The zero-order valence-corrected chi connectivity index (χ0v) is 20.4. The molecule has 1 fully saturated rings. The Kier molecular flexibility index (Phi) is 7.26. The van der Waals surface area contributed by atoms with Crippen LogP contribution < -0.4 is 0 Å². The highest BCUT2D eigenvalue weighted by molar-refractivity contribution is 6.30. The fourth-order valence-corrected chi connectivity index (χ4v) is 4.26. The van der Waals surface area contributed by atoms with E-state index in [4.69, 9.17) is 25.6 Å². The quantitative estimate of drug-likeness (QED) is 0.484. The number of halogens is 3. The topological polar surface area (TPSA) is 116 Å². The molecule has 0 amide bonds. The SMILES string of the molecule is CO[C@@H]1[C@@H](n2cc(-c3cc(F)c(Cl)c(F)c3)nn2)[C@@H](O)[C@@H](CO)O[C@@H]1Cc1cc(C(C)(C)C)on1. The van der Waals surface area contributed by atoms with E-state index in [1.807, 2.05) is 26.8 Å². The predicted molar refractivity (Wildman–Crippen MR) is 121 cm³/mol. The molecule has 0 aliphatic carbocycles. The summed E-state index contributed by atoms with van der Waals surface area (Å²) >= 11 is 5.57. The first-order valence-electron chi connectivity index (χ1n) is 11.0. The smallest absolute Gasteiger partial charge is 0.145 e. The van der Waals surface area contributed by atoms with Crippen LogP contribution in [0.3, 0.4) is 0 Å². The van der Waals surface area contributed by atoms with E-state index in [1.165, 1.54) is 18.0 Å². The molecule has 1 saturated heterocycles. The fourth-order valence-electron chi connectivity index (χ4n) is 4.16. The largest absolute Gasteiger partial charge is 0.394 e. The van der Waals surface area contributed by atoms with Crippen LogP contribution in [-0.4, -0.2) is 68.5 Å². The minimum absolute atomic E-state index is 0.124. The number of benzene rings is 1. The Morgan fingerprint density at radius 2 is 1.86 bits per heavy atom. The van der Waals surface area contributed by atoms with E-state index in [2.05, 4.69) is 15.5 Å². The number of methoxy groups -OCH3 is 1. The van der Waals surface area contributed by atoms with Gasteiger partial charge in [0.15, 0.2) is 0 Å². The molecule has 1 aromatic carbocycles. The van der Waals surface area contributed by atoms with Crippen LogP contribution in [0, 0.1) is 11.6 Å². The molecule has 0 bridgehead atoms. The van der Waals surface area contributed by atoms with E-state index in [0.717, 1.165) is 12.1 Å². The first-order valence-corrected chi connectivity index (χ1v) is 11.4. The van der Waals surface area contributed by atoms with Crippen LogP contribution in [0.2, 0.25) is 5.02 Å². The van der Waals surface area contributed by atoms with Gasteiger partial charge in [0, 0.05) is 30.6 Å². The maximum atomic E-state index is 14.0. The van der Waals surface area contributed by atoms with Crippen LogP contribution in [0.25, 0.3) is 11.3 Å². The van der Waals surface area contributed by atoms with Gasteiger partial charge in [-0.15, -0.1) is 5.10 Å². The van der Waals surface area contributed by atoms with Gasteiger partial charge in [-0.3, -0.25) is 0 Å². The highest BCUT2D eigenvalue weighted by atomic mass is 35.5. The third-order valence-corrected chi connectivity index (χ3v) is 6.40. The molecule has 4 rings (SSSR count). The Bertz CT molecular complexity index is 1160. The second-order valence-electron chi connectivity index (χ2n) is 9.55. The lowest BCUT2D eigenvalue weighted by Gasteiger charge is -2.43. The summed E-state index contributed by atoms with van der Waals surface area (Å²) in [6.07, 6.45) is -1.78. The van der Waals surface area contributed by atoms with Crippen molar-refractivity contribution in [3.8, 4) is 11.3 Å². The first kappa shape index (κ1) is 25.6. The van der Waals surface area contributed by atoms with Crippen molar-refractivity contribution in [2.45, 2.75) is 63.1 Å². The average Bonchev–Trinajstić information content (AvgIpc) is 3.47. The summed E-state index contributed by atoms with van der Waals surface area (Å²) in [5.74, 6) is -1.16. The molecule has 3 aromatic rings. The van der Waals surface area contributed by atoms with Gasteiger partial charge in [-0.2, -0.15) is 0 Å². The molecule has 0 unspecified atom stereocenters. The fraction of sp³-hybridized carbons (Fsp3) is 0.522. The van der Waals surface area contributed by atoms with Gasteiger partial charge in [-0.1, -0.05) is 42.7 Å². The molecule has 0 saturated carbocycles. The summed E-state index contributed by atoms with van der Waals surface area (Å²) in [5, 5.41) is 32.4. The standard InChI is InChI=1S/C23H27ClF2N4O5/c1-23(2,3)18-8-12(28-35-18)7-16-22(33-4)20(21(32)17(10-31)34-16)30-9-15(27-29-30)11-5-13(25)19(24)14(26)6-11/h5-6,8-9,16-17,20-22,31-32H,7,10H2,1-4H3/t16-,17-,20+,21+,22+/m1/s1. The number of ether oxygens (including phenoxy) is 2. The van der Waals surface area contributed by atoms with Gasteiger partial charge in [0.05, 0.1) is 24.6 Å². The molecular weight excluding hydrogens is 486 g/mol. The van der Waals surface area contributed by atoms with Crippen LogP contribution in [-0.2, 0) is 21.3 Å². The summed E-state index contributed by atoms with van der Waals surface area (Å²) in [6.45, 7) is 5.55. The molecule has 9 nitrogen and oxygen atoms in total. The molecule has 1 aliphatic rings. The average molecular weight is 513 g/mol. The molecule has 12 heteroatoms. The van der Waals surface area contributed by atoms with Crippen LogP contribution in [0.5, 0.6) is 0 Å². The summed E-state index contributed by atoms with van der Waals surface area (Å²) in [7, 11) is 1.46. The van der Waals surface area contributed by atoms with Gasteiger partial charge in [0.1, 0.15) is 52.5 Å². The lowest BCUT2D eigenvalue weighted by Crippen LogP contribution is -2.57. The molecule has 35 heavy (non-hydrogen) atoms. The summed E-state index contributed by atoms with van der Waals surface area (Å²) in [6, 6.07) is 3.10. The number of aliphatic hydroxyl groups excluding tert-OH is 2. The minimum atomic E-state index is -1.21. The van der Waals surface area contributed by atoms with Crippen molar-refractivity contribution in [2.75, 3.05) is 13.7 Å². The van der Waals surface area contributed by atoms with Crippen molar-refractivity contribution >= 4 is 11.6 Å². The zero-order chi connectivity index (χ0) is 25.5. The number of nitrogens with zero attached hydrogens (tertiary/aromatic N) is 4. The highest BCUT2D eigenvalue weighted by Gasteiger charge is 2.47. The van der Waals surface area contributed by atoms with Gasteiger partial charge in [0.2, 0.25) is 0 Å². The van der Waals surface area contributed by atoms with Gasteiger partial charge >= 0.3 is 0 Å². The van der Waals surface area contributed by atoms with E-state index < -0.39 is 53.7 Å². The number of aromatic nitrogens is 4. The highest BCUT2D eigenvalue weighted by Crippen LogP contribution is 2.35. The van der Waals surface area contributed by atoms with Crippen LogP contribution in [0.1, 0.15) is 38.3 Å². The lowest BCUT2D eigenvalue weighted by molar-refractivity contribution is -0.212. The minimum Gasteiger partial charge on any atom is -0.394 e. The molecule has 5 atom stereocenters. The molecule has 2 N–H and O–H groups in total. The van der Waals surface area contributed by atoms with Crippen LogP contribution in [0.4, 0.5) is 8.78 Å². The maximum Gasteiger partial charge on any atom is 0.145 e. The normalized spacial score (nSPS) is 25.2. The van der Waals surface area contributed by atoms with Gasteiger partial charge in [-0.05, 0) is 12.1 Å². The number of hydrogen-bond donors (Lipinski definition) is 2. The van der Waals surface area contributed by atoms with E-state index >= 15 is 0 Å². The first-order chi connectivity index (χ1) is 16.5. The van der Waals surface area contributed by atoms with Gasteiger partial charge < -0.3 is 24.2 Å². The van der Waals surface area contributed by atoms with Crippen molar-refractivity contribution in [3.05, 3.63) is 52.5 Å². The third-order valence-electron chi connectivity index (χ3n) is 6.04. The number of aliphatic hydroxyl groups is 2. The Hall–Kier alpha value is -2.44. The van der Waals surface area contributed by atoms with Crippen molar-refractivity contribution in [1.82, 2.24) is 20.2 Å². The van der Waals surface area contributed by atoms with Crippen LogP contribution in [0.15, 0.2) is 28.9 Å². The van der Waals surface area contributed by atoms with Crippen molar-refractivity contribution in [1.29, 1.82) is 0 Å². The third kappa shape index (κ3) is 5.10. The van der Waals surface area contributed by atoms with Crippen molar-refractivity contribution in [3.63, 3.8) is 0 Å². The second kappa shape index (κ2) is 9.90. The van der Waals surface area contributed by atoms with Gasteiger partial charge in [-0.25, -0.2) is 13.5 Å². The van der Waals surface area contributed by atoms with E-state index in [1.54, 1.807) is 0 Å². The summed E-state index contributed by atoms with van der Waals surface area (Å²) < 4.78 is 46.4. The Balaban J connectivity index is 1.65. The molecular formula is C23H27ClF2N4O5. The molecule has 0 spiro atoms. The lowest BCUT2D eigenvalue weighted by atomic mass is 9.89. The molecule has 3 heterocycles. The zero-order valence-electron chi connectivity index (χ0n) is 19.7. The molecule has 0 radical (unpaired) electrons. The van der Waals surface area contributed by atoms with Crippen molar-refractivity contribution < 1.29 is 33.0 Å². The molecule has 2 aromatic heterocycles. The molecule has 190 valence electrons. The Morgan fingerprint density at radius 1 is 1.17 bits per heavy atom. The number of hydrogen-bond acceptors (Lipinski definition) is 8. The predicted octanol–water partition coefficient (Wildman–Crippen LogP) is 3.08. The van der Waals surface area contributed by atoms with Crippen molar-refractivity contribution in [2.24, 2.45) is 0 Å². The number of rotatable bonds is 6. The summed E-state index contributed by atoms with van der Waals surface area (Å²) in [5.41, 5.74) is 0.680. The van der Waals surface area contributed by atoms with Crippen LogP contribution >= 0.6 is 11.6 Å². The second-order valence-corrected chi connectivity index (χ2v) is 9.93. The summed E-state index contributed by atoms with van der Waals surface area (Å²) in [4.78, 5) is 0. The monoisotopic (exact) mass is 512 g/mol. The van der Waals surface area contributed by atoms with E-state index in [-0.39, 0.29) is 23.1 Å². The maximum absolute atomic E-state index is 14.0. The van der Waals surface area contributed by atoms with Gasteiger partial charge in [0.25, 0.3) is 0 Å². The van der Waals surface area contributed by atoms with E-state index in [9.17, 15) is 19.0 Å². The molecule has 1 aliphatic heterocycles. The van der Waals surface area contributed by atoms with E-state index in [0.29, 0.717) is 11.5 Å². The Labute approximate surface area is 205 Å².